The Morgan fingerprint density at radius 2 is 2.00 bits per heavy atom. The van der Waals surface area contributed by atoms with Gasteiger partial charge in [0.15, 0.2) is 5.96 Å². The van der Waals surface area contributed by atoms with Crippen molar-refractivity contribution in [3.63, 3.8) is 0 Å². The van der Waals surface area contributed by atoms with Crippen molar-refractivity contribution in [2.75, 3.05) is 26.7 Å². The summed E-state index contributed by atoms with van der Waals surface area (Å²) in [5.74, 6) is 2.70. The highest BCUT2D eigenvalue weighted by Gasteiger charge is 2.26. The van der Waals surface area contributed by atoms with Crippen LogP contribution in [0.5, 0.6) is 0 Å². The highest BCUT2D eigenvalue weighted by molar-refractivity contribution is 14.0. The molecule has 1 heterocycles. The molecule has 23 heavy (non-hydrogen) atoms. The van der Waals surface area contributed by atoms with E-state index in [4.69, 9.17) is 0 Å². The van der Waals surface area contributed by atoms with E-state index in [-0.39, 0.29) is 29.9 Å². The maximum atomic E-state index is 11.7. The lowest BCUT2D eigenvalue weighted by Crippen LogP contribution is -2.46. The lowest BCUT2D eigenvalue weighted by molar-refractivity contribution is -0.129. The quantitative estimate of drug-likeness (QED) is 0.405. The first-order chi connectivity index (χ1) is 10.6. The molecule has 1 saturated carbocycles. The zero-order chi connectivity index (χ0) is 15.9. The van der Waals surface area contributed by atoms with Gasteiger partial charge in [0.05, 0.1) is 0 Å². The van der Waals surface area contributed by atoms with Gasteiger partial charge >= 0.3 is 0 Å². The zero-order valence-corrected chi connectivity index (χ0v) is 17.1. The highest BCUT2D eigenvalue weighted by atomic mass is 127. The minimum atomic E-state index is 0. The van der Waals surface area contributed by atoms with Gasteiger partial charge in [-0.3, -0.25) is 9.79 Å². The molecule has 3 unspecified atom stereocenters. The Balaban J connectivity index is 0.00000264. The summed E-state index contributed by atoms with van der Waals surface area (Å²) in [6.45, 7) is 6.96. The van der Waals surface area contributed by atoms with Crippen LogP contribution >= 0.6 is 24.0 Å². The van der Waals surface area contributed by atoms with E-state index in [9.17, 15) is 4.79 Å². The number of guanidine groups is 1. The molecule has 0 spiro atoms. The Kier molecular flexibility index (Phi) is 9.24. The number of carbonyl (C=O) groups is 1. The first kappa shape index (κ1) is 20.5. The Hall–Kier alpha value is -0.530. The Morgan fingerprint density at radius 3 is 2.65 bits per heavy atom. The molecular weight excluding hydrogens is 403 g/mol. The van der Waals surface area contributed by atoms with Crippen LogP contribution in [0.15, 0.2) is 4.99 Å². The fourth-order valence-electron chi connectivity index (χ4n) is 3.64. The number of carbonyl (C=O) groups excluding carboxylic acids is 1. The fourth-order valence-corrected chi connectivity index (χ4v) is 3.64. The Bertz CT molecular complexity index is 402. The van der Waals surface area contributed by atoms with Crippen LogP contribution in [0.4, 0.5) is 0 Å². The second-order valence-corrected chi connectivity index (χ2v) is 6.80. The third-order valence-electron chi connectivity index (χ3n) is 5.23. The molecule has 0 radical (unpaired) electrons. The topological polar surface area (TPSA) is 56.7 Å². The second kappa shape index (κ2) is 10.4. The molecule has 134 valence electrons. The van der Waals surface area contributed by atoms with Gasteiger partial charge in [-0.05, 0) is 24.7 Å². The van der Waals surface area contributed by atoms with Crippen molar-refractivity contribution in [2.24, 2.45) is 16.8 Å². The van der Waals surface area contributed by atoms with Crippen molar-refractivity contribution in [1.29, 1.82) is 0 Å². The van der Waals surface area contributed by atoms with E-state index in [1.54, 1.807) is 0 Å². The number of nitrogens with zero attached hydrogens (tertiary/aromatic N) is 2. The number of hydrogen-bond donors (Lipinski definition) is 2. The molecule has 2 N–H and O–H groups in total. The van der Waals surface area contributed by atoms with E-state index in [1.807, 2.05) is 18.9 Å². The summed E-state index contributed by atoms with van der Waals surface area (Å²) in [6, 6.07) is 0.325. The second-order valence-electron chi connectivity index (χ2n) is 6.80. The number of nitrogens with one attached hydrogen (secondary N) is 2. The predicted molar refractivity (Wildman–Crippen MR) is 106 cm³/mol. The maximum absolute atomic E-state index is 11.7. The molecule has 0 aromatic carbocycles. The number of hydrogen-bond acceptors (Lipinski definition) is 2. The molecule has 0 aromatic rings. The smallest absolute Gasteiger partial charge is 0.222 e. The molecule has 2 fully saturated rings. The van der Waals surface area contributed by atoms with Crippen molar-refractivity contribution >= 4 is 35.8 Å². The molecule has 1 aliphatic heterocycles. The largest absolute Gasteiger partial charge is 0.356 e. The van der Waals surface area contributed by atoms with Crippen molar-refractivity contribution in [1.82, 2.24) is 15.5 Å². The van der Waals surface area contributed by atoms with Gasteiger partial charge in [0.1, 0.15) is 0 Å². The summed E-state index contributed by atoms with van der Waals surface area (Å²) in [7, 11) is 1.82. The van der Waals surface area contributed by atoms with Crippen LogP contribution in [0.3, 0.4) is 0 Å². The minimum absolute atomic E-state index is 0. The summed E-state index contributed by atoms with van der Waals surface area (Å²) in [4.78, 5) is 18.0. The van der Waals surface area contributed by atoms with Crippen LogP contribution in [0.1, 0.15) is 52.4 Å². The average molecular weight is 436 g/mol. The van der Waals surface area contributed by atoms with E-state index in [1.165, 1.54) is 25.7 Å². The molecule has 5 nitrogen and oxygen atoms in total. The molecule has 0 bridgehead atoms. The molecule has 1 saturated heterocycles. The van der Waals surface area contributed by atoms with Gasteiger partial charge in [0.25, 0.3) is 0 Å². The molecule has 1 amide bonds. The third kappa shape index (κ3) is 6.12. The first-order valence-corrected chi connectivity index (χ1v) is 8.89. The van der Waals surface area contributed by atoms with E-state index in [0.717, 1.165) is 43.9 Å². The van der Waals surface area contributed by atoms with E-state index in [0.29, 0.717) is 12.5 Å². The van der Waals surface area contributed by atoms with Gasteiger partial charge in [0, 0.05) is 39.1 Å². The van der Waals surface area contributed by atoms with Crippen LogP contribution in [0, 0.1) is 11.8 Å². The lowest BCUT2D eigenvalue weighted by atomic mass is 9.80. The number of likely N-dealkylation sites (tertiary alicyclic amines) is 1. The molecule has 1 aliphatic carbocycles. The van der Waals surface area contributed by atoms with Crippen LogP contribution < -0.4 is 10.6 Å². The van der Waals surface area contributed by atoms with Gasteiger partial charge in [-0.2, -0.15) is 0 Å². The number of aliphatic imine (C=N–C) groups is 1. The van der Waals surface area contributed by atoms with Crippen LogP contribution in [0.2, 0.25) is 0 Å². The minimum Gasteiger partial charge on any atom is -0.356 e. The van der Waals surface area contributed by atoms with Gasteiger partial charge < -0.3 is 15.5 Å². The first-order valence-electron chi connectivity index (χ1n) is 8.89. The van der Waals surface area contributed by atoms with Crippen LogP contribution in [0.25, 0.3) is 0 Å². The average Bonchev–Trinajstić information content (AvgIpc) is 3.00. The predicted octanol–water partition coefficient (Wildman–Crippen LogP) is 2.61. The molecular formula is C17H33IN4O. The van der Waals surface area contributed by atoms with Crippen LogP contribution in [-0.4, -0.2) is 49.5 Å². The highest BCUT2D eigenvalue weighted by Crippen LogP contribution is 2.28. The van der Waals surface area contributed by atoms with Crippen molar-refractivity contribution in [2.45, 2.75) is 58.4 Å². The summed E-state index contributed by atoms with van der Waals surface area (Å²) in [6.07, 6.45) is 7.03. The summed E-state index contributed by atoms with van der Waals surface area (Å²) in [5, 5.41) is 6.96. The maximum Gasteiger partial charge on any atom is 0.222 e. The summed E-state index contributed by atoms with van der Waals surface area (Å²) < 4.78 is 0. The van der Waals surface area contributed by atoms with E-state index < -0.39 is 0 Å². The monoisotopic (exact) mass is 436 g/mol. The summed E-state index contributed by atoms with van der Waals surface area (Å²) in [5.41, 5.74) is 0. The van der Waals surface area contributed by atoms with Crippen molar-refractivity contribution < 1.29 is 4.79 Å². The molecule has 2 aliphatic rings. The number of rotatable bonds is 4. The van der Waals surface area contributed by atoms with Crippen molar-refractivity contribution in [3.8, 4) is 0 Å². The van der Waals surface area contributed by atoms with Crippen LogP contribution in [-0.2, 0) is 4.79 Å². The van der Waals surface area contributed by atoms with Gasteiger partial charge in [0.2, 0.25) is 5.91 Å². The molecule has 6 heteroatoms. The number of amides is 1. The Morgan fingerprint density at radius 1 is 1.26 bits per heavy atom. The third-order valence-corrected chi connectivity index (χ3v) is 5.23. The van der Waals surface area contributed by atoms with Gasteiger partial charge in [-0.25, -0.2) is 0 Å². The molecule has 2 rings (SSSR count). The van der Waals surface area contributed by atoms with E-state index in [2.05, 4.69) is 22.5 Å². The SMILES string of the molecule is CCC(=O)N1CCC(NC(=NC)NCC2CCCCC2C)C1.I. The van der Waals surface area contributed by atoms with Crippen molar-refractivity contribution in [3.05, 3.63) is 0 Å². The zero-order valence-electron chi connectivity index (χ0n) is 14.8. The lowest BCUT2D eigenvalue weighted by Gasteiger charge is -2.29. The molecule has 0 aromatic heterocycles. The van der Waals surface area contributed by atoms with Gasteiger partial charge in [-0.15, -0.1) is 24.0 Å². The summed E-state index contributed by atoms with van der Waals surface area (Å²) >= 11 is 0. The normalized spacial score (nSPS) is 28.2. The van der Waals surface area contributed by atoms with Gasteiger partial charge in [-0.1, -0.05) is 33.1 Å². The number of halogens is 1. The fraction of sp³-hybridized carbons (Fsp3) is 0.882. The standard InChI is InChI=1S/C17H32N4O.HI/c1-4-16(22)21-10-9-15(12-21)20-17(18-3)19-11-14-8-6-5-7-13(14)2;/h13-15H,4-12H2,1-3H3,(H2,18,19,20);1H. The Labute approximate surface area is 158 Å². The van der Waals surface area contributed by atoms with E-state index >= 15 is 0 Å². The molecule has 3 atom stereocenters.